The fraction of sp³-hybridized carbons (Fsp3) is 0.722. The van der Waals surface area contributed by atoms with Crippen LogP contribution in [0.25, 0.3) is 0 Å². The first-order chi connectivity index (χ1) is 12.0. The van der Waals surface area contributed by atoms with Gasteiger partial charge in [-0.25, -0.2) is 9.97 Å². The van der Waals surface area contributed by atoms with E-state index in [1.807, 2.05) is 18.7 Å². The summed E-state index contributed by atoms with van der Waals surface area (Å²) in [6, 6.07) is 0.443. The number of β-amino-alcohol motifs (C(OH)–C–C–N with tert-alkyl or cyclic N) is 1. The molecule has 2 fully saturated rings. The number of carbonyl (C=O) groups excluding carboxylic acids is 1. The number of hydrogen-bond acceptors (Lipinski definition) is 6. The number of nitrogens with zero attached hydrogens (tertiary/aromatic N) is 5. The van der Waals surface area contributed by atoms with Crippen molar-refractivity contribution in [2.75, 3.05) is 44.2 Å². The number of aromatic nitrogens is 2. The molecule has 0 aromatic carbocycles. The van der Waals surface area contributed by atoms with Crippen molar-refractivity contribution in [3.05, 3.63) is 17.6 Å². The predicted molar refractivity (Wildman–Crippen MR) is 96.6 cm³/mol. The van der Waals surface area contributed by atoms with E-state index in [1.54, 1.807) is 13.3 Å². The van der Waals surface area contributed by atoms with Gasteiger partial charge in [-0.15, -0.1) is 0 Å². The highest BCUT2D eigenvalue weighted by Gasteiger charge is 2.30. The molecule has 1 aromatic rings. The highest BCUT2D eigenvalue weighted by molar-refractivity contribution is 5.73. The van der Waals surface area contributed by atoms with E-state index >= 15 is 0 Å². The van der Waals surface area contributed by atoms with Gasteiger partial charge in [-0.05, 0) is 26.7 Å². The molecule has 3 rings (SSSR count). The van der Waals surface area contributed by atoms with E-state index in [4.69, 9.17) is 0 Å². The molecule has 3 heterocycles. The van der Waals surface area contributed by atoms with Crippen LogP contribution in [0.5, 0.6) is 0 Å². The topological polar surface area (TPSA) is 72.8 Å². The molecule has 0 saturated carbocycles. The van der Waals surface area contributed by atoms with Crippen LogP contribution in [0.1, 0.15) is 31.0 Å². The van der Waals surface area contributed by atoms with Gasteiger partial charge < -0.3 is 14.9 Å². The maximum Gasteiger partial charge on any atom is 0.219 e. The second-order valence-electron chi connectivity index (χ2n) is 7.24. The van der Waals surface area contributed by atoms with Crippen LogP contribution in [-0.2, 0) is 4.79 Å². The molecule has 1 amide bonds. The minimum Gasteiger partial charge on any atom is -0.390 e. The average Bonchev–Trinajstić information content (AvgIpc) is 2.79. The number of likely N-dealkylation sites (tertiary alicyclic amines) is 1. The van der Waals surface area contributed by atoms with Gasteiger partial charge in [0.15, 0.2) is 0 Å². The van der Waals surface area contributed by atoms with Crippen molar-refractivity contribution in [1.29, 1.82) is 0 Å². The molecule has 7 nitrogen and oxygen atoms in total. The fourth-order valence-electron chi connectivity index (χ4n) is 3.93. The number of aryl methyl sites for hydroxylation is 1. The molecule has 0 radical (unpaired) electrons. The van der Waals surface area contributed by atoms with Crippen LogP contribution in [0, 0.1) is 13.8 Å². The van der Waals surface area contributed by atoms with Gasteiger partial charge in [0.2, 0.25) is 5.91 Å². The number of aliphatic hydroxyl groups excluding tert-OH is 1. The van der Waals surface area contributed by atoms with Crippen LogP contribution in [0.2, 0.25) is 0 Å². The number of amides is 1. The van der Waals surface area contributed by atoms with Crippen molar-refractivity contribution in [3.63, 3.8) is 0 Å². The summed E-state index contributed by atoms with van der Waals surface area (Å²) in [7, 11) is 0. The number of aliphatic hydroxyl groups is 1. The van der Waals surface area contributed by atoms with Crippen LogP contribution < -0.4 is 4.90 Å². The SMILES string of the molecule is CC(=O)N1CCC(N2CCN(c3ncnc(C)c3C)C[C@@H](O)C2)CC1. The third kappa shape index (κ3) is 4.10. The molecule has 1 atom stereocenters. The molecule has 138 valence electrons. The third-order valence-corrected chi connectivity index (χ3v) is 5.57. The van der Waals surface area contributed by atoms with Crippen LogP contribution in [-0.4, -0.2) is 82.2 Å². The molecule has 0 spiro atoms. The zero-order valence-electron chi connectivity index (χ0n) is 15.5. The van der Waals surface area contributed by atoms with Crippen molar-refractivity contribution < 1.29 is 9.90 Å². The normalized spacial score (nSPS) is 23.6. The van der Waals surface area contributed by atoms with Crippen molar-refractivity contribution >= 4 is 11.7 Å². The van der Waals surface area contributed by atoms with E-state index in [9.17, 15) is 9.90 Å². The molecule has 2 aliphatic heterocycles. The van der Waals surface area contributed by atoms with Gasteiger partial charge in [0.1, 0.15) is 12.1 Å². The number of carbonyl (C=O) groups is 1. The highest BCUT2D eigenvalue weighted by Crippen LogP contribution is 2.23. The zero-order chi connectivity index (χ0) is 18.0. The van der Waals surface area contributed by atoms with Gasteiger partial charge in [0.05, 0.1) is 6.10 Å². The zero-order valence-corrected chi connectivity index (χ0v) is 15.5. The van der Waals surface area contributed by atoms with E-state index in [0.29, 0.717) is 19.1 Å². The van der Waals surface area contributed by atoms with Gasteiger partial charge in [0, 0.05) is 63.5 Å². The van der Waals surface area contributed by atoms with Gasteiger partial charge in [-0.3, -0.25) is 9.69 Å². The Morgan fingerprint density at radius 1 is 1.12 bits per heavy atom. The van der Waals surface area contributed by atoms with Gasteiger partial charge >= 0.3 is 0 Å². The minimum atomic E-state index is -0.400. The Labute approximate surface area is 149 Å². The lowest BCUT2D eigenvalue weighted by atomic mass is 10.0. The number of anilines is 1. The quantitative estimate of drug-likeness (QED) is 0.844. The second kappa shape index (κ2) is 7.66. The van der Waals surface area contributed by atoms with Crippen molar-refractivity contribution in [3.8, 4) is 0 Å². The maximum absolute atomic E-state index is 11.5. The standard InChI is InChI=1S/C18H29N5O2/c1-13-14(2)19-12-20-18(13)23-9-8-22(10-17(25)11-23)16-4-6-21(7-5-16)15(3)24/h12,16-17,25H,4-11H2,1-3H3/t17-/m0/s1. The Bertz CT molecular complexity index is 615. The van der Waals surface area contributed by atoms with E-state index in [-0.39, 0.29) is 5.91 Å². The summed E-state index contributed by atoms with van der Waals surface area (Å²) >= 11 is 0. The monoisotopic (exact) mass is 347 g/mol. The highest BCUT2D eigenvalue weighted by atomic mass is 16.3. The summed E-state index contributed by atoms with van der Waals surface area (Å²) in [5.41, 5.74) is 2.06. The average molecular weight is 347 g/mol. The lowest BCUT2D eigenvalue weighted by Gasteiger charge is -2.38. The van der Waals surface area contributed by atoms with Crippen LogP contribution in [0.15, 0.2) is 6.33 Å². The number of hydrogen-bond donors (Lipinski definition) is 1. The summed E-state index contributed by atoms with van der Waals surface area (Å²) in [5, 5.41) is 10.5. The Morgan fingerprint density at radius 3 is 2.52 bits per heavy atom. The molecular weight excluding hydrogens is 318 g/mol. The Balaban J connectivity index is 1.65. The molecule has 0 aliphatic carbocycles. The van der Waals surface area contributed by atoms with E-state index < -0.39 is 6.10 Å². The summed E-state index contributed by atoms with van der Waals surface area (Å²) in [6.07, 6.45) is 3.17. The van der Waals surface area contributed by atoms with E-state index in [0.717, 1.165) is 56.1 Å². The molecule has 0 unspecified atom stereocenters. The Kier molecular flexibility index (Phi) is 5.54. The van der Waals surface area contributed by atoms with Crippen LogP contribution in [0.4, 0.5) is 5.82 Å². The summed E-state index contributed by atoms with van der Waals surface area (Å²) in [4.78, 5) is 26.7. The third-order valence-electron chi connectivity index (χ3n) is 5.57. The number of rotatable bonds is 2. The van der Waals surface area contributed by atoms with Crippen LogP contribution in [0.3, 0.4) is 0 Å². The van der Waals surface area contributed by atoms with Gasteiger partial charge in [0.25, 0.3) is 0 Å². The van der Waals surface area contributed by atoms with Gasteiger partial charge in [-0.1, -0.05) is 0 Å². The second-order valence-corrected chi connectivity index (χ2v) is 7.24. The lowest BCUT2D eigenvalue weighted by molar-refractivity contribution is -0.130. The molecule has 0 bridgehead atoms. The molecule has 2 aliphatic rings. The minimum absolute atomic E-state index is 0.162. The van der Waals surface area contributed by atoms with Crippen molar-refractivity contribution in [2.45, 2.75) is 45.8 Å². The molecule has 1 N–H and O–H groups in total. The summed E-state index contributed by atoms with van der Waals surface area (Å²) < 4.78 is 0. The maximum atomic E-state index is 11.5. The van der Waals surface area contributed by atoms with Gasteiger partial charge in [-0.2, -0.15) is 0 Å². The first-order valence-corrected chi connectivity index (χ1v) is 9.16. The Hall–Kier alpha value is -1.73. The molecule has 25 heavy (non-hydrogen) atoms. The van der Waals surface area contributed by atoms with E-state index in [1.165, 1.54) is 0 Å². The van der Waals surface area contributed by atoms with Crippen molar-refractivity contribution in [2.24, 2.45) is 0 Å². The summed E-state index contributed by atoms with van der Waals surface area (Å²) in [6.45, 7) is 10.3. The first kappa shape index (κ1) is 18.1. The van der Waals surface area contributed by atoms with E-state index in [2.05, 4.69) is 19.8 Å². The summed E-state index contributed by atoms with van der Waals surface area (Å²) in [5.74, 6) is 1.09. The fourth-order valence-corrected chi connectivity index (χ4v) is 3.93. The van der Waals surface area contributed by atoms with Crippen molar-refractivity contribution in [1.82, 2.24) is 19.8 Å². The Morgan fingerprint density at radius 2 is 1.84 bits per heavy atom. The molecule has 2 saturated heterocycles. The molecule has 1 aromatic heterocycles. The molecule has 7 heteroatoms. The van der Waals surface area contributed by atoms with Crippen LogP contribution >= 0.6 is 0 Å². The lowest BCUT2D eigenvalue weighted by Crippen LogP contribution is -2.48. The number of piperidine rings is 1. The largest absolute Gasteiger partial charge is 0.390 e. The predicted octanol–water partition coefficient (Wildman–Crippen LogP) is 0.587. The molecular formula is C18H29N5O2. The first-order valence-electron chi connectivity index (χ1n) is 9.16. The smallest absolute Gasteiger partial charge is 0.219 e.